The fourth-order valence-corrected chi connectivity index (χ4v) is 3.67. The first-order chi connectivity index (χ1) is 16.0. The van der Waals surface area contributed by atoms with E-state index in [9.17, 15) is 14.7 Å². The topological polar surface area (TPSA) is 81.7 Å². The van der Waals surface area contributed by atoms with Gasteiger partial charge in [0.1, 0.15) is 0 Å². The number of nitrogens with zero attached hydrogens (tertiary/aromatic N) is 1. The van der Waals surface area contributed by atoms with Gasteiger partial charge in [-0.2, -0.15) is 0 Å². The zero-order valence-electron chi connectivity index (χ0n) is 21.8. The van der Waals surface area contributed by atoms with Crippen molar-refractivity contribution >= 4 is 11.8 Å². The molecule has 33 heavy (non-hydrogen) atoms. The highest BCUT2D eigenvalue weighted by Gasteiger charge is 2.20. The number of rotatable bonds is 21. The van der Waals surface area contributed by atoms with E-state index in [1.807, 2.05) is 12.2 Å². The van der Waals surface area contributed by atoms with Crippen molar-refractivity contribution in [1.29, 1.82) is 0 Å². The van der Waals surface area contributed by atoms with Crippen LogP contribution in [0.25, 0.3) is 0 Å². The van der Waals surface area contributed by atoms with Crippen LogP contribution in [-0.2, 0) is 9.59 Å². The van der Waals surface area contributed by atoms with E-state index >= 15 is 0 Å². The molecule has 2 atom stereocenters. The third-order valence-corrected chi connectivity index (χ3v) is 5.78. The number of aliphatic hydroxyl groups excluding tert-OH is 1. The van der Waals surface area contributed by atoms with Crippen molar-refractivity contribution in [3.05, 3.63) is 24.3 Å². The van der Waals surface area contributed by atoms with Gasteiger partial charge in [0.05, 0.1) is 0 Å². The van der Waals surface area contributed by atoms with Gasteiger partial charge in [0.15, 0.2) is 0 Å². The molecule has 0 spiro atoms. The molecule has 0 aromatic carbocycles. The molecule has 0 heterocycles. The second-order valence-electron chi connectivity index (χ2n) is 8.96. The lowest BCUT2D eigenvalue weighted by molar-refractivity contribution is -0.121. The van der Waals surface area contributed by atoms with Crippen LogP contribution in [0.15, 0.2) is 24.3 Å². The first-order valence-electron chi connectivity index (χ1n) is 13.2. The van der Waals surface area contributed by atoms with Crippen LogP contribution in [0.3, 0.4) is 0 Å². The molecule has 0 bridgehead atoms. The van der Waals surface area contributed by atoms with Crippen molar-refractivity contribution in [3.8, 4) is 0 Å². The quantitative estimate of drug-likeness (QED) is 0.169. The third kappa shape index (κ3) is 18.5. The van der Waals surface area contributed by atoms with Gasteiger partial charge in [0.25, 0.3) is 0 Å². The molecule has 0 aliphatic carbocycles. The molecular weight excluding hydrogens is 414 g/mol. The largest absolute Gasteiger partial charge is 0.396 e. The number of hydrogen-bond acceptors (Lipinski definition) is 4. The molecule has 0 saturated heterocycles. The number of nitrogens with one attached hydrogen (secondary N) is 2. The van der Waals surface area contributed by atoms with E-state index in [4.69, 9.17) is 0 Å². The minimum absolute atomic E-state index is 0.0300. The molecule has 0 aromatic heterocycles. The highest BCUT2D eigenvalue weighted by Crippen LogP contribution is 2.07. The van der Waals surface area contributed by atoms with Gasteiger partial charge in [-0.3, -0.25) is 14.5 Å². The molecule has 2 amide bonds. The second-order valence-corrected chi connectivity index (χ2v) is 8.96. The highest BCUT2D eigenvalue weighted by molar-refractivity contribution is 5.77. The van der Waals surface area contributed by atoms with Crippen LogP contribution in [0.4, 0.5) is 0 Å². The Bertz CT molecular complexity index is 505. The van der Waals surface area contributed by atoms with Crippen LogP contribution in [0.5, 0.6) is 0 Å². The van der Waals surface area contributed by atoms with Crippen molar-refractivity contribution in [2.24, 2.45) is 0 Å². The van der Waals surface area contributed by atoms with Crippen molar-refractivity contribution in [1.82, 2.24) is 15.5 Å². The molecule has 0 aromatic rings. The van der Waals surface area contributed by atoms with Crippen LogP contribution in [0.1, 0.15) is 98.3 Å². The number of allylic oxidation sites excluding steroid dienone is 2. The van der Waals surface area contributed by atoms with Gasteiger partial charge in [-0.1, -0.05) is 63.8 Å². The maximum Gasteiger partial charge on any atom is 0.223 e. The Balaban J connectivity index is 4.39. The Morgan fingerprint density at radius 3 is 1.61 bits per heavy atom. The van der Waals surface area contributed by atoms with Crippen LogP contribution < -0.4 is 10.6 Å². The second kappa shape index (κ2) is 22.1. The molecule has 0 rings (SSSR count). The van der Waals surface area contributed by atoms with Crippen LogP contribution in [0, 0.1) is 0 Å². The summed E-state index contributed by atoms with van der Waals surface area (Å²) >= 11 is 0. The Kier molecular flexibility index (Phi) is 21.0. The van der Waals surface area contributed by atoms with Crippen LogP contribution in [0.2, 0.25) is 0 Å². The third-order valence-electron chi connectivity index (χ3n) is 5.78. The Morgan fingerprint density at radius 2 is 1.21 bits per heavy atom. The van der Waals surface area contributed by atoms with E-state index in [0.717, 1.165) is 19.4 Å². The van der Waals surface area contributed by atoms with E-state index in [2.05, 4.69) is 55.4 Å². The van der Waals surface area contributed by atoms with Crippen molar-refractivity contribution in [2.75, 3.05) is 26.2 Å². The minimum atomic E-state index is 0.0300. The summed E-state index contributed by atoms with van der Waals surface area (Å²) in [5.74, 6) is 0.0600. The van der Waals surface area contributed by atoms with Gasteiger partial charge >= 0.3 is 0 Å². The van der Waals surface area contributed by atoms with E-state index in [1.54, 1.807) is 0 Å². The molecule has 0 aliphatic heterocycles. The van der Waals surface area contributed by atoms with Crippen molar-refractivity contribution < 1.29 is 14.7 Å². The zero-order valence-corrected chi connectivity index (χ0v) is 21.8. The monoisotopic (exact) mass is 465 g/mol. The van der Waals surface area contributed by atoms with E-state index in [-0.39, 0.29) is 30.5 Å². The summed E-state index contributed by atoms with van der Waals surface area (Å²) in [4.78, 5) is 26.6. The summed E-state index contributed by atoms with van der Waals surface area (Å²) < 4.78 is 0. The first kappa shape index (κ1) is 31.3. The average Bonchev–Trinajstić information content (AvgIpc) is 2.81. The number of aliphatic hydroxyl groups is 1. The van der Waals surface area contributed by atoms with Gasteiger partial charge in [-0.05, 0) is 46.0 Å². The predicted molar refractivity (Wildman–Crippen MR) is 139 cm³/mol. The van der Waals surface area contributed by atoms with Crippen molar-refractivity contribution in [2.45, 2.75) is 110 Å². The van der Waals surface area contributed by atoms with E-state index in [0.29, 0.717) is 32.4 Å². The molecular formula is C27H51N3O3. The first-order valence-corrected chi connectivity index (χ1v) is 13.2. The highest BCUT2D eigenvalue weighted by atomic mass is 16.3. The number of carbonyl (C=O) groups is 2. The average molecular weight is 466 g/mol. The van der Waals surface area contributed by atoms with Gasteiger partial charge in [0.2, 0.25) is 11.8 Å². The molecule has 6 heteroatoms. The lowest BCUT2D eigenvalue weighted by Crippen LogP contribution is -2.50. The minimum Gasteiger partial charge on any atom is -0.396 e. The van der Waals surface area contributed by atoms with E-state index < -0.39 is 0 Å². The summed E-state index contributed by atoms with van der Waals surface area (Å²) in [6.07, 6.45) is 18.9. The Morgan fingerprint density at radius 1 is 0.758 bits per heavy atom. The lowest BCUT2D eigenvalue weighted by Gasteiger charge is -2.34. The van der Waals surface area contributed by atoms with Gasteiger partial charge < -0.3 is 15.7 Å². The maximum atomic E-state index is 12.2. The van der Waals surface area contributed by atoms with Gasteiger partial charge in [0, 0.05) is 51.2 Å². The number of amides is 2. The summed E-state index contributed by atoms with van der Waals surface area (Å²) in [6.45, 7) is 10.5. The van der Waals surface area contributed by atoms with Gasteiger partial charge in [-0.25, -0.2) is 0 Å². The molecule has 2 unspecified atom stereocenters. The lowest BCUT2D eigenvalue weighted by atomic mass is 10.1. The summed E-state index contributed by atoms with van der Waals surface area (Å²) in [5.41, 5.74) is 0. The molecule has 3 N–H and O–H groups in total. The summed E-state index contributed by atoms with van der Waals surface area (Å²) in [6, 6.07) is 0.221. The number of carbonyl (C=O) groups excluding carboxylic acids is 2. The number of hydrogen-bond donors (Lipinski definition) is 3. The fraction of sp³-hybridized carbons (Fsp3) is 0.778. The summed E-state index contributed by atoms with van der Waals surface area (Å²) in [7, 11) is 0. The van der Waals surface area contributed by atoms with Crippen LogP contribution >= 0.6 is 0 Å². The number of unbranched alkanes of at least 4 members (excludes halogenated alkanes) is 6. The molecule has 0 fully saturated rings. The van der Waals surface area contributed by atoms with Crippen molar-refractivity contribution in [3.63, 3.8) is 0 Å². The molecule has 0 radical (unpaired) electrons. The molecule has 0 saturated carbocycles. The Hall–Kier alpha value is -1.66. The molecule has 192 valence electrons. The molecule has 6 nitrogen and oxygen atoms in total. The smallest absolute Gasteiger partial charge is 0.223 e. The van der Waals surface area contributed by atoms with E-state index in [1.165, 1.54) is 38.5 Å². The summed E-state index contributed by atoms with van der Waals surface area (Å²) in [5, 5.41) is 15.3. The predicted octanol–water partition coefficient (Wildman–Crippen LogP) is 4.73. The SMILES string of the molecule is CCCCC/C=C/CC(=O)NCC(C)N(CCCO)C(C)CNC(=O)C/C=C/CCCCC. The fourth-order valence-electron chi connectivity index (χ4n) is 3.67. The maximum absolute atomic E-state index is 12.2. The zero-order chi connectivity index (χ0) is 24.7. The molecule has 0 aliphatic rings. The van der Waals surface area contributed by atoms with Gasteiger partial charge in [-0.15, -0.1) is 0 Å². The van der Waals surface area contributed by atoms with Crippen LogP contribution in [-0.4, -0.2) is 60.1 Å². The standard InChI is InChI=1S/C27H51N3O3/c1-5-7-9-11-13-15-18-26(32)28-22-24(3)30(20-17-21-31)25(4)23-29-27(33)19-16-14-12-10-8-6-2/h13-16,24-25,31H,5-12,17-23H2,1-4H3,(H,28,32)(H,29,33)/b15-13+,16-14+. The Labute approximate surface area is 203 Å². The normalized spacial score (nSPS) is 13.6.